The number of aromatic amines is 1. The van der Waals surface area contributed by atoms with Crippen molar-refractivity contribution in [3.8, 4) is 0 Å². The van der Waals surface area contributed by atoms with Crippen molar-refractivity contribution < 1.29 is 26.0 Å². The molecule has 0 aliphatic rings. The van der Waals surface area contributed by atoms with E-state index >= 15 is 0 Å². The lowest BCUT2D eigenvalue weighted by Crippen LogP contribution is -2.13. The van der Waals surface area contributed by atoms with E-state index in [0.717, 1.165) is 30.5 Å². The van der Waals surface area contributed by atoms with Crippen LogP contribution >= 0.6 is 22.6 Å². The van der Waals surface area contributed by atoms with E-state index in [9.17, 15) is 26.0 Å². The predicted octanol–water partition coefficient (Wildman–Crippen LogP) is 4.73. The lowest BCUT2D eigenvalue weighted by molar-refractivity contribution is -0.137. The molecule has 0 aliphatic carbocycles. The molecule has 0 amide bonds. The van der Waals surface area contributed by atoms with Crippen LogP contribution in [0.2, 0.25) is 0 Å². The second-order valence-electron chi connectivity index (χ2n) is 5.14. The van der Waals surface area contributed by atoms with Crippen molar-refractivity contribution in [1.29, 1.82) is 0 Å². The molecule has 10 heteroatoms. The lowest BCUT2D eigenvalue weighted by Gasteiger charge is -2.09. The first kappa shape index (κ1) is 18.0. The van der Waals surface area contributed by atoms with Gasteiger partial charge in [-0.05, 0) is 52.9 Å². The minimum atomic E-state index is -4.54. The minimum absolute atomic E-state index is 0.0123. The zero-order valence-electron chi connectivity index (χ0n) is 12.2. The summed E-state index contributed by atoms with van der Waals surface area (Å²) in [4.78, 5) is 2.23. The molecule has 2 N–H and O–H groups in total. The molecule has 0 bridgehead atoms. The van der Waals surface area contributed by atoms with Gasteiger partial charge >= 0.3 is 6.18 Å². The van der Waals surface area contributed by atoms with Gasteiger partial charge in [0, 0.05) is 20.7 Å². The van der Waals surface area contributed by atoms with Gasteiger partial charge < -0.3 is 4.98 Å². The maximum atomic E-state index is 13.9. The molecule has 0 aliphatic heterocycles. The summed E-state index contributed by atoms with van der Waals surface area (Å²) in [5, 5.41) is 0.0754. The Morgan fingerprint density at radius 3 is 2.44 bits per heavy atom. The molecule has 0 radical (unpaired) electrons. The Morgan fingerprint density at radius 1 is 1.08 bits per heavy atom. The van der Waals surface area contributed by atoms with Crippen LogP contribution in [0.4, 0.5) is 23.2 Å². The number of aromatic nitrogens is 1. The summed E-state index contributed by atoms with van der Waals surface area (Å²) < 4.78 is 79.7. The van der Waals surface area contributed by atoms with E-state index in [-0.39, 0.29) is 21.5 Å². The van der Waals surface area contributed by atoms with E-state index in [1.54, 1.807) is 0 Å². The summed E-state index contributed by atoms with van der Waals surface area (Å²) in [5.41, 5.74) is -1.14. The number of benzene rings is 2. The van der Waals surface area contributed by atoms with Gasteiger partial charge in [0.25, 0.3) is 10.0 Å². The summed E-state index contributed by atoms with van der Waals surface area (Å²) in [7, 11) is -4.19. The van der Waals surface area contributed by atoms with Gasteiger partial charge in [-0.2, -0.15) is 13.2 Å². The highest BCUT2D eigenvalue weighted by atomic mass is 127. The molecular formula is C15H9F4IN2O2S. The number of nitrogens with one attached hydrogen (secondary N) is 2. The van der Waals surface area contributed by atoms with Crippen molar-refractivity contribution in [1.82, 2.24) is 4.98 Å². The van der Waals surface area contributed by atoms with Crippen LogP contribution in [-0.4, -0.2) is 13.4 Å². The molecule has 0 saturated heterocycles. The van der Waals surface area contributed by atoms with E-state index in [2.05, 4.69) is 9.71 Å². The van der Waals surface area contributed by atoms with Crippen molar-refractivity contribution in [3.05, 3.63) is 57.5 Å². The lowest BCUT2D eigenvalue weighted by atomic mass is 10.1. The van der Waals surface area contributed by atoms with Crippen LogP contribution in [0.25, 0.3) is 10.9 Å². The third kappa shape index (κ3) is 3.59. The number of H-pyrrole nitrogens is 1. The molecule has 1 aromatic heterocycles. The topological polar surface area (TPSA) is 62.0 Å². The maximum Gasteiger partial charge on any atom is 0.416 e. The van der Waals surface area contributed by atoms with Crippen molar-refractivity contribution in [2.45, 2.75) is 11.1 Å². The molecule has 1 heterocycles. The van der Waals surface area contributed by atoms with Gasteiger partial charge in [-0.1, -0.05) is 6.07 Å². The molecule has 0 fully saturated rings. The fourth-order valence-electron chi connectivity index (χ4n) is 2.27. The number of alkyl halides is 3. The number of fused-ring (bicyclic) bond motifs is 1. The van der Waals surface area contributed by atoms with Crippen LogP contribution in [0.15, 0.2) is 47.5 Å². The Hall–Kier alpha value is -1.82. The Labute approximate surface area is 153 Å². The number of hydrogen-bond acceptors (Lipinski definition) is 2. The van der Waals surface area contributed by atoms with Crippen LogP contribution in [0, 0.1) is 9.39 Å². The second kappa shape index (κ2) is 6.16. The summed E-state index contributed by atoms with van der Waals surface area (Å²) in [6, 6.07) is 6.62. The van der Waals surface area contributed by atoms with Gasteiger partial charge in [-0.25, -0.2) is 12.8 Å². The first-order chi connectivity index (χ1) is 11.6. The van der Waals surface area contributed by atoms with Crippen LogP contribution in [0.1, 0.15) is 5.56 Å². The molecular weight excluding hydrogens is 475 g/mol. The van der Waals surface area contributed by atoms with Crippen LogP contribution < -0.4 is 4.72 Å². The summed E-state index contributed by atoms with van der Waals surface area (Å²) in [5.74, 6) is -0.755. The normalized spacial score (nSPS) is 12.5. The summed E-state index contributed by atoms with van der Waals surface area (Å²) in [6.45, 7) is 0. The Morgan fingerprint density at radius 2 is 1.80 bits per heavy atom. The van der Waals surface area contributed by atoms with E-state index < -0.39 is 27.6 Å². The highest BCUT2D eigenvalue weighted by molar-refractivity contribution is 14.1. The highest BCUT2D eigenvalue weighted by Gasteiger charge is 2.31. The fraction of sp³-hybridized carbons (Fsp3) is 0.0667. The molecule has 0 unspecified atom stereocenters. The standard InChI is InChI=1S/C15H9F4IN2O2S/c16-11-6-9(20)2-4-12(11)22-25(23,24)14-7-21-13-5-8(15(17,18)19)1-3-10(13)14/h1-7,21-22H. The average Bonchev–Trinajstić information content (AvgIpc) is 2.93. The number of hydrogen-bond donors (Lipinski definition) is 2. The summed E-state index contributed by atoms with van der Waals surface area (Å²) in [6.07, 6.45) is -3.47. The van der Waals surface area contributed by atoms with Crippen molar-refractivity contribution in [3.63, 3.8) is 0 Å². The van der Waals surface area contributed by atoms with Crippen LogP contribution in [-0.2, 0) is 16.2 Å². The summed E-state index contributed by atoms with van der Waals surface area (Å²) >= 11 is 1.88. The molecule has 2 aromatic carbocycles. The molecule has 0 atom stereocenters. The third-order valence-electron chi connectivity index (χ3n) is 3.44. The predicted molar refractivity (Wildman–Crippen MR) is 93.2 cm³/mol. The number of sulfonamides is 1. The van der Waals surface area contributed by atoms with E-state index in [4.69, 9.17) is 0 Å². The van der Waals surface area contributed by atoms with E-state index in [0.29, 0.717) is 3.57 Å². The number of rotatable bonds is 3. The smallest absolute Gasteiger partial charge is 0.360 e. The van der Waals surface area contributed by atoms with E-state index in [1.807, 2.05) is 22.6 Å². The largest absolute Gasteiger partial charge is 0.416 e. The Balaban J connectivity index is 2.03. The Bertz CT molecular complexity index is 1060. The second-order valence-corrected chi connectivity index (χ2v) is 8.04. The van der Waals surface area contributed by atoms with Crippen molar-refractivity contribution in [2.75, 3.05) is 4.72 Å². The van der Waals surface area contributed by atoms with Gasteiger partial charge in [0.15, 0.2) is 0 Å². The van der Waals surface area contributed by atoms with Gasteiger partial charge in [0.2, 0.25) is 0 Å². The third-order valence-corrected chi connectivity index (χ3v) is 5.51. The zero-order valence-corrected chi connectivity index (χ0v) is 15.1. The van der Waals surface area contributed by atoms with E-state index in [1.165, 1.54) is 12.1 Å². The van der Waals surface area contributed by atoms with Gasteiger partial charge in [-0.3, -0.25) is 4.72 Å². The average molecular weight is 484 g/mol. The molecule has 3 rings (SSSR count). The maximum absolute atomic E-state index is 13.9. The highest BCUT2D eigenvalue weighted by Crippen LogP contribution is 2.33. The molecule has 4 nitrogen and oxygen atoms in total. The number of halogens is 5. The zero-order chi connectivity index (χ0) is 18.4. The van der Waals surface area contributed by atoms with Crippen LogP contribution in [0.5, 0.6) is 0 Å². The fourth-order valence-corrected chi connectivity index (χ4v) is 3.97. The van der Waals surface area contributed by atoms with Gasteiger partial charge in [-0.15, -0.1) is 0 Å². The van der Waals surface area contributed by atoms with Crippen LogP contribution in [0.3, 0.4) is 0 Å². The molecule has 0 saturated carbocycles. The first-order valence-electron chi connectivity index (χ1n) is 6.74. The molecule has 132 valence electrons. The van der Waals surface area contributed by atoms with Gasteiger partial charge in [0.1, 0.15) is 10.7 Å². The Kier molecular flexibility index (Phi) is 4.43. The van der Waals surface area contributed by atoms with Crippen molar-refractivity contribution >= 4 is 49.2 Å². The van der Waals surface area contributed by atoms with Crippen molar-refractivity contribution in [2.24, 2.45) is 0 Å². The molecule has 25 heavy (non-hydrogen) atoms. The SMILES string of the molecule is O=S(=O)(Nc1ccc(I)cc1F)c1c[nH]c2cc(C(F)(F)F)ccc12. The molecule has 0 spiro atoms. The van der Waals surface area contributed by atoms with Gasteiger partial charge in [0.05, 0.1) is 11.3 Å². The monoisotopic (exact) mass is 484 g/mol. The quantitative estimate of drug-likeness (QED) is 0.417. The molecule has 3 aromatic rings. The number of anilines is 1. The first-order valence-corrected chi connectivity index (χ1v) is 9.30. The minimum Gasteiger partial charge on any atom is -0.360 e.